The second-order valence-corrected chi connectivity index (χ2v) is 3.30. The topological polar surface area (TPSA) is 21.3 Å². The number of hydrogen-bond donors (Lipinski definition) is 1. The van der Waals surface area contributed by atoms with Gasteiger partial charge in [-0.15, -0.1) is 0 Å². The minimum absolute atomic E-state index is 0.254. The van der Waals surface area contributed by atoms with Crippen molar-refractivity contribution in [3.63, 3.8) is 0 Å². The van der Waals surface area contributed by atoms with Gasteiger partial charge < -0.3 is 10.1 Å². The molecule has 1 N–H and O–H groups in total. The van der Waals surface area contributed by atoms with Crippen LogP contribution >= 0.6 is 0 Å². The molecule has 0 spiro atoms. The second-order valence-electron chi connectivity index (χ2n) is 3.30. The van der Waals surface area contributed by atoms with Crippen LogP contribution in [0.25, 0.3) is 0 Å². The van der Waals surface area contributed by atoms with Crippen molar-refractivity contribution in [2.45, 2.75) is 19.9 Å². The fourth-order valence-corrected chi connectivity index (χ4v) is 1.29. The number of halogens is 1. The van der Waals surface area contributed by atoms with Crippen LogP contribution in [0.5, 0.6) is 5.75 Å². The third-order valence-corrected chi connectivity index (χ3v) is 2.05. The van der Waals surface area contributed by atoms with Gasteiger partial charge in [0, 0.05) is 6.54 Å². The van der Waals surface area contributed by atoms with E-state index in [0.717, 1.165) is 18.8 Å². The van der Waals surface area contributed by atoms with Gasteiger partial charge in [0.25, 0.3) is 0 Å². The zero-order chi connectivity index (χ0) is 10.9. The van der Waals surface area contributed by atoms with Crippen LogP contribution in [0.1, 0.15) is 18.9 Å². The predicted octanol–water partition coefficient (Wildman–Crippen LogP) is 2.53. The molecule has 0 saturated carbocycles. The van der Waals surface area contributed by atoms with Gasteiger partial charge in [-0.3, -0.25) is 4.39 Å². The van der Waals surface area contributed by atoms with Gasteiger partial charge in [0.15, 0.2) is 0 Å². The Morgan fingerprint density at radius 3 is 2.60 bits per heavy atom. The third kappa shape index (κ3) is 4.79. The highest BCUT2D eigenvalue weighted by Gasteiger charge is 1.94. The molecule has 0 aliphatic heterocycles. The maximum absolute atomic E-state index is 11.8. The summed E-state index contributed by atoms with van der Waals surface area (Å²) in [6, 6.07) is 7.95. The normalized spacial score (nSPS) is 10.3. The van der Waals surface area contributed by atoms with Crippen LogP contribution in [-0.2, 0) is 6.54 Å². The first-order valence-corrected chi connectivity index (χ1v) is 5.35. The maximum Gasteiger partial charge on any atom is 0.119 e. The first kappa shape index (κ1) is 12.0. The van der Waals surface area contributed by atoms with Crippen LogP contribution in [0.15, 0.2) is 24.3 Å². The fourth-order valence-electron chi connectivity index (χ4n) is 1.29. The Morgan fingerprint density at radius 2 is 2.00 bits per heavy atom. The number of nitrogens with one attached hydrogen (secondary N) is 1. The van der Waals surface area contributed by atoms with Crippen LogP contribution in [0.3, 0.4) is 0 Å². The Kier molecular flexibility index (Phi) is 5.78. The summed E-state index contributed by atoms with van der Waals surface area (Å²) in [5, 5.41) is 3.17. The molecule has 1 rings (SSSR count). The zero-order valence-corrected chi connectivity index (χ0v) is 9.13. The van der Waals surface area contributed by atoms with Gasteiger partial charge in [-0.05, 0) is 37.6 Å². The molecule has 0 amide bonds. The van der Waals surface area contributed by atoms with E-state index in [-0.39, 0.29) is 6.67 Å². The summed E-state index contributed by atoms with van der Waals surface area (Å²) in [7, 11) is 0. The molecular weight excluding hydrogens is 193 g/mol. The molecule has 0 fully saturated rings. The quantitative estimate of drug-likeness (QED) is 0.700. The van der Waals surface area contributed by atoms with Crippen LogP contribution in [0, 0.1) is 0 Å². The molecule has 0 atom stereocenters. The summed E-state index contributed by atoms with van der Waals surface area (Å²) >= 11 is 0. The van der Waals surface area contributed by atoms with Crippen LogP contribution < -0.4 is 10.1 Å². The molecule has 3 heteroatoms. The Balaban J connectivity index is 2.29. The maximum atomic E-state index is 11.8. The van der Waals surface area contributed by atoms with Crippen molar-refractivity contribution in [2.75, 3.05) is 19.8 Å². The Hall–Kier alpha value is -1.09. The van der Waals surface area contributed by atoms with E-state index in [0.29, 0.717) is 13.0 Å². The van der Waals surface area contributed by atoms with Crippen molar-refractivity contribution in [1.82, 2.24) is 5.32 Å². The summed E-state index contributed by atoms with van der Waals surface area (Å²) in [6.45, 7) is 3.91. The van der Waals surface area contributed by atoms with Crippen molar-refractivity contribution < 1.29 is 9.13 Å². The van der Waals surface area contributed by atoms with Crippen molar-refractivity contribution >= 4 is 0 Å². The van der Waals surface area contributed by atoms with E-state index in [1.807, 2.05) is 31.2 Å². The average molecular weight is 211 g/mol. The lowest BCUT2D eigenvalue weighted by Crippen LogP contribution is -2.14. The van der Waals surface area contributed by atoms with Crippen LogP contribution in [0.4, 0.5) is 4.39 Å². The largest absolute Gasteiger partial charge is 0.494 e. The van der Waals surface area contributed by atoms with E-state index in [9.17, 15) is 4.39 Å². The Bertz CT molecular complexity index is 261. The van der Waals surface area contributed by atoms with E-state index in [4.69, 9.17) is 4.74 Å². The van der Waals surface area contributed by atoms with Gasteiger partial charge in [-0.2, -0.15) is 0 Å². The minimum Gasteiger partial charge on any atom is -0.494 e. The fraction of sp³-hybridized carbons (Fsp3) is 0.500. The van der Waals surface area contributed by atoms with E-state index >= 15 is 0 Å². The van der Waals surface area contributed by atoms with Gasteiger partial charge >= 0.3 is 0 Å². The van der Waals surface area contributed by atoms with Crippen molar-refractivity contribution in [1.29, 1.82) is 0 Å². The number of benzene rings is 1. The molecule has 0 radical (unpaired) electrons. The van der Waals surface area contributed by atoms with Gasteiger partial charge in [0.2, 0.25) is 0 Å². The highest BCUT2D eigenvalue weighted by Crippen LogP contribution is 2.11. The van der Waals surface area contributed by atoms with Gasteiger partial charge in [-0.1, -0.05) is 12.1 Å². The monoisotopic (exact) mass is 211 g/mol. The summed E-state index contributed by atoms with van der Waals surface area (Å²) in [5.41, 5.74) is 1.19. The standard InChI is InChI=1S/C12H18FNO/c1-2-15-12-6-4-11(5-7-12)10-14-9-3-8-13/h4-7,14H,2-3,8-10H2,1H3. The Morgan fingerprint density at radius 1 is 1.27 bits per heavy atom. The smallest absolute Gasteiger partial charge is 0.119 e. The summed E-state index contributed by atoms with van der Waals surface area (Å²) in [5.74, 6) is 0.894. The lowest BCUT2D eigenvalue weighted by atomic mass is 10.2. The molecule has 0 aromatic heterocycles. The first-order valence-electron chi connectivity index (χ1n) is 5.35. The molecule has 0 heterocycles. The number of hydrogen-bond acceptors (Lipinski definition) is 2. The van der Waals surface area contributed by atoms with Gasteiger partial charge in [0.05, 0.1) is 13.3 Å². The van der Waals surface area contributed by atoms with E-state index in [1.165, 1.54) is 5.56 Å². The minimum atomic E-state index is -0.254. The van der Waals surface area contributed by atoms with Crippen molar-refractivity contribution in [3.05, 3.63) is 29.8 Å². The number of ether oxygens (including phenoxy) is 1. The van der Waals surface area contributed by atoms with Crippen LogP contribution in [-0.4, -0.2) is 19.8 Å². The lowest BCUT2D eigenvalue weighted by Gasteiger charge is -2.05. The van der Waals surface area contributed by atoms with Crippen molar-refractivity contribution in [2.24, 2.45) is 0 Å². The van der Waals surface area contributed by atoms with Gasteiger partial charge in [-0.25, -0.2) is 0 Å². The number of rotatable bonds is 7. The molecule has 0 aliphatic rings. The molecule has 15 heavy (non-hydrogen) atoms. The molecule has 0 saturated heterocycles. The lowest BCUT2D eigenvalue weighted by molar-refractivity contribution is 0.340. The van der Waals surface area contributed by atoms with E-state index in [2.05, 4.69) is 5.32 Å². The summed E-state index contributed by atoms with van der Waals surface area (Å²) in [6.07, 6.45) is 0.580. The first-order chi connectivity index (χ1) is 7.36. The predicted molar refractivity (Wildman–Crippen MR) is 59.9 cm³/mol. The second kappa shape index (κ2) is 7.23. The SMILES string of the molecule is CCOc1ccc(CNCCCF)cc1. The molecule has 0 unspecified atom stereocenters. The van der Waals surface area contributed by atoms with Crippen LogP contribution in [0.2, 0.25) is 0 Å². The van der Waals surface area contributed by atoms with E-state index in [1.54, 1.807) is 0 Å². The summed E-state index contributed by atoms with van der Waals surface area (Å²) < 4.78 is 17.1. The molecule has 2 nitrogen and oxygen atoms in total. The average Bonchev–Trinajstić information content (AvgIpc) is 2.27. The highest BCUT2D eigenvalue weighted by molar-refractivity contribution is 5.27. The molecular formula is C12H18FNO. The molecule has 1 aromatic carbocycles. The molecule has 1 aromatic rings. The highest BCUT2D eigenvalue weighted by atomic mass is 19.1. The molecule has 0 aliphatic carbocycles. The molecule has 84 valence electrons. The molecule has 0 bridgehead atoms. The Labute approximate surface area is 90.4 Å². The van der Waals surface area contributed by atoms with E-state index < -0.39 is 0 Å². The summed E-state index contributed by atoms with van der Waals surface area (Å²) in [4.78, 5) is 0. The number of alkyl halides is 1. The third-order valence-electron chi connectivity index (χ3n) is 2.05. The van der Waals surface area contributed by atoms with Crippen molar-refractivity contribution in [3.8, 4) is 5.75 Å². The van der Waals surface area contributed by atoms with Gasteiger partial charge in [0.1, 0.15) is 5.75 Å². The zero-order valence-electron chi connectivity index (χ0n) is 9.13.